The Morgan fingerprint density at radius 3 is 2.61 bits per heavy atom. The molecule has 0 N–H and O–H groups in total. The first kappa shape index (κ1) is 14.7. The minimum Gasteiger partial charge on any atom is -0.497 e. The molecule has 2 atom stereocenters. The molecule has 0 radical (unpaired) electrons. The summed E-state index contributed by atoms with van der Waals surface area (Å²) in [6, 6.07) is 18.5. The fraction of sp³-hybridized carbons (Fsp3) is 0.400. The molecule has 4 rings (SSSR count). The Hall–Kier alpha value is -1.84. The van der Waals surface area contributed by atoms with Crippen molar-refractivity contribution in [2.75, 3.05) is 33.8 Å². The van der Waals surface area contributed by atoms with Crippen LogP contribution in [-0.4, -0.2) is 43.6 Å². The van der Waals surface area contributed by atoms with Gasteiger partial charge in [-0.2, -0.15) is 0 Å². The topological polar surface area (TPSA) is 15.7 Å². The number of rotatable bonds is 2. The molecular weight excluding hydrogens is 284 g/mol. The largest absolute Gasteiger partial charge is 0.497 e. The van der Waals surface area contributed by atoms with Crippen LogP contribution in [0.5, 0.6) is 5.75 Å². The standard InChI is InChI=1S/C20H24N2O/c1-21-10-11-22-19(15-6-4-3-5-7-15)13-16-12-17(23-2)8-9-18(16)20(22)14-21/h3-9,12,19-20H,10-11,13-14H2,1-2H3/t19-,20-/m1/s1. The molecule has 3 nitrogen and oxygen atoms in total. The van der Waals surface area contributed by atoms with E-state index in [1.54, 1.807) is 7.11 Å². The molecule has 23 heavy (non-hydrogen) atoms. The molecule has 0 amide bonds. The maximum absolute atomic E-state index is 5.45. The van der Waals surface area contributed by atoms with E-state index in [4.69, 9.17) is 4.74 Å². The van der Waals surface area contributed by atoms with Gasteiger partial charge >= 0.3 is 0 Å². The van der Waals surface area contributed by atoms with Crippen LogP contribution in [0.4, 0.5) is 0 Å². The van der Waals surface area contributed by atoms with Gasteiger partial charge in [-0.05, 0) is 42.3 Å². The summed E-state index contributed by atoms with van der Waals surface area (Å²) in [4.78, 5) is 5.15. The number of piperazine rings is 1. The number of benzene rings is 2. The average molecular weight is 308 g/mol. The molecular formula is C20H24N2O. The molecule has 0 spiro atoms. The first-order valence-corrected chi connectivity index (χ1v) is 8.42. The number of nitrogens with zero attached hydrogens (tertiary/aromatic N) is 2. The Bertz CT molecular complexity index is 685. The second-order valence-electron chi connectivity index (χ2n) is 6.71. The Morgan fingerprint density at radius 1 is 1.00 bits per heavy atom. The fourth-order valence-electron chi connectivity index (χ4n) is 4.10. The average Bonchev–Trinajstić information content (AvgIpc) is 2.61. The number of methoxy groups -OCH3 is 1. The van der Waals surface area contributed by atoms with E-state index in [0.717, 1.165) is 31.8 Å². The molecule has 2 aliphatic rings. The predicted molar refractivity (Wildman–Crippen MR) is 92.8 cm³/mol. The fourth-order valence-corrected chi connectivity index (χ4v) is 4.10. The molecule has 1 saturated heterocycles. The second-order valence-corrected chi connectivity index (χ2v) is 6.71. The minimum atomic E-state index is 0.467. The Balaban J connectivity index is 1.77. The Kier molecular flexibility index (Phi) is 3.83. The minimum absolute atomic E-state index is 0.467. The molecule has 120 valence electrons. The Morgan fingerprint density at radius 2 is 1.83 bits per heavy atom. The van der Waals surface area contributed by atoms with E-state index in [1.165, 1.54) is 16.7 Å². The lowest BCUT2D eigenvalue weighted by Gasteiger charge is -2.48. The van der Waals surface area contributed by atoms with E-state index >= 15 is 0 Å². The quantitative estimate of drug-likeness (QED) is 0.847. The highest BCUT2D eigenvalue weighted by molar-refractivity contribution is 5.41. The van der Waals surface area contributed by atoms with E-state index in [2.05, 4.69) is 65.4 Å². The van der Waals surface area contributed by atoms with Gasteiger partial charge in [-0.25, -0.2) is 0 Å². The van der Waals surface area contributed by atoms with Gasteiger partial charge in [-0.3, -0.25) is 4.90 Å². The van der Waals surface area contributed by atoms with Crippen molar-refractivity contribution in [1.29, 1.82) is 0 Å². The van der Waals surface area contributed by atoms with Crippen molar-refractivity contribution in [2.45, 2.75) is 18.5 Å². The summed E-state index contributed by atoms with van der Waals surface area (Å²) < 4.78 is 5.45. The van der Waals surface area contributed by atoms with Crippen molar-refractivity contribution in [3.63, 3.8) is 0 Å². The highest BCUT2D eigenvalue weighted by Crippen LogP contribution is 2.42. The molecule has 0 bridgehead atoms. The van der Waals surface area contributed by atoms with Crippen LogP contribution in [0.1, 0.15) is 28.8 Å². The van der Waals surface area contributed by atoms with Crippen molar-refractivity contribution in [1.82, 2.24) is 9.80 Å². The summed E-state index contributed by atoms with van der Waals surface area (Å²) in [6.45, 7) is 3.38. The number of fused-ring (bicyclic) bond motifs is 3. The number of hydrogen-bond donors (Lipinski definition) is 0. The van der Waals surface area contributed by atoms with E-state index in [9.17, 15) is 0 Å². The molecule has 0 unspecified atom stereocenters. The molecule has 2 aliphatic heterocycles. The van der Waals surface area contributed by atoms with Gasteiger partial charge in [0.2, 0.25) is 0 Å². The Labute approximate surface area is 138 Å². The van der Waals surface area contributed by atoms with Crippen LogP contribution in [0, 0.1) is 0 Å². The zero-order chi connectivity index (χ0) is 15.8. The van der Waals surface area contributed by atoms with Gasteiger partial charge in [0.1, 0.15) is 5.75 Å². The third kappa shape index (κ3) is 2.64. The molecule has 2 aromatic carbocycles. The number of likely N-dealkylation sites (N-methyl/N-ethyl adjacent to an activating group) is 1. The van der Waals surface area contributed by atoms with E-state index in [-0.39, 0.29) is 0 Å². The molecule has 1 fully saturated rings. The lowest BCUT2D eigenvalue weighted by atomic mass is 9.84. The maximum atomic E-state index is 5.45. The van der Waals surface area contributed by atoms with E-state index in [1.807, 2.05) is 0 Å². The molecule has 0 aromatic heterocycles. The summed E-state index contributed by atoms with van der Waals surface area (Å²) in [7, 11) is 3.98. The molecule has 2 heterocycles. The van der Waals surface area contributed by atoms with Crippen LogP contribution in [0.25, 0.3) is 0 Å². The molecule has 3 heteroatoms. The summed E-state index contributed by atoms with van der Waals surface area (Å²) in [5.74, 6) is 0.966. The van der Waals surface area contributed by atoms with Crippen LogP contribution in [0.15, 0.2) is 48.5 Å². The van der Waals surface area contributed by atoms with Gasteiger partial charge < -0.3 is 9.64 Å². The highest BCUT2D eigenvalue weighted by Gasteiger charge is 2.37. The lowest BCUT2D eigenvalue weighted by molar-refractivity contribution is 0.0403. The van der Waals surface area contributed by atoms with Gasteiger partial charge in [-0.1, -0.05) is 36.4 Å². The van der Waals surface area contributed by atoms with Gasteiger partial charge in [0.05, 0.1) is 7.11 Å². The lowest BCUT2D eigenvalue weighted by Crippen LogP contribution is -2.50. The SMILES string of the molecule is COc1ccc2c(c1)C[C@H](c1ccccc1)N1CCN(C)C[C@H]21. The van der Waals surface area contributed by atoms with Gasteiger partial charge in [0.15, 0.2) is 0 Å². The normalized spacial score (nSPS) is 24.8. The zero-order valence-corrected chi connectivity index (χ0v) is 13.9. The van der Waals surface area contributed by atoms with Crippen molar-refractivity contribution in [3.8, 4) is 5.75 Å². The third-order valence-electron chi connectivity index (χ3n) is 5.33. The van der Waals surface area contributed by atoms with Crippen molar-refractivity contribution in [3.05, 3.63) is 65.2 Å². The first-order valence-electron chi connectivity index (χ1n) is 8.42. The van der Waals surface area contributed by atoms with Gasteiger partial charge in [-0.15, -0.1) is 0 Å². The van der Waals surface area contributed by atoms with Crippen molar-refractivity contribution >= 4 is 0 Å². The first-order chi connectivity index (χ1) is 11.3. The molecule has 2 aromatic rings. The summed E-state index contributed by atoms with van der Waals surface area (Å²) in [6.07, 6.45) is 1.07. The number of ether oxygens (including phenoxy) is 1. The smallest absolute Gasteiger partial charge is 0.119 e. The second kappa shape index (κ2) is 5.99. The van der Waals surface area contributed by atoms with Crippen LogP contribution in [-0.2, 0) is 6.42 Å². The van der Waals surface area contributed by atoms with Crippen LogP contribution in [0.2, 0.25) is 0 Å². The van der Waals surface area contributed by atoms with Crippen molar-refractivity contribution < 1.29 is 4.74 Å². The summed E-state index contributed by atoms with van der Waals surface area (Å²) >= 11 is 0. The maximum Gasteiger partial charge on any atom is 0.119 e. The summed E-state index contributed by atoms with van der Waals surface area (Å²) in [5, 5.41) is 0. The monoisotopic (exact) mass is 308 g/mol. The number of hydrogen-bond acceptors (Lipinski definition) is 3. The van der Waals surface area contributed by atoms with Crippen LogP contribution in [0.3, 0.4) is 0 Å². The zero-order valence-electron chi connectivity index (χ0n) is 13.9. The van der Waals surface area contributed by atoms with Crippen molar-refractivity contribution in [2.24, 2.45) is 0 Å². The van der Waals surface area contributed by atoms with Gasteiger partial charge in [0, 0.05) is 31.7 Å². The highest BCUT2D eigenvalue weighted by atomic mass is 16.5. The third-order valence-corrected chi connectivity index (χ3v) is 5.33. The van der Waals surface area contributed by atoms with Gasteiger partial charge in [0.25, 0.3) is 0 Å². The molecule has 0 saturated carbocycles. The van der Waals surface area contributed by atoms with E-state index in [0.29, 0.717) is 12.1 Å². The van der Waals surface area contributed by atoms with E-state index < -0.39 is 0 Å². The molecule has 0 aliphatic carbocycles. The van der Waals surface area contributed by atoms with Crippen LogP contribution >= 0.6 is 0 Å². The predicted octanol–water partition coefficient (Wildman–Crippen LogP) is 3.28. The van der Waals surface area contributed by atoms with Crippen LogP contribution < -0.4 is 4.74 Å². The summed E-state index contributed by atoms with van der Waals surface area (Å²) in [5.41, 5.74) is 4.34.